The molecule has 2 unspecified atom stereocenters. The van der Waals surface area contributed by atoms with Gasteiger partial charge in [0.1, 0.15) is 0 Å². The highest BCUT2D eigenvalue weighted by Crippen LogP contribution is 2.24. The van der Waals surface area contributed by atoms with E-state index in [0.717, 1.165) is 0 Å². The number of ether oxygens (including phenoxy) is 2. The predicted octanol–water partition coefficient (Wildman–Crippen LogP) is 2.81. The fraction of sp³-hybridized carbons (Fsp3) is 0.600. The molecule has 0 aliphatic carbocycles. The molecule has 1 rings (SSSR count). The van der Waals surface area contributed by atoms with Crippen LogP contribution in [0, 0.1) is 13.8 Å². The number of benzene rings is 1. The lowest BCUT2D eigenvalue weighted by atomic mass is 10.2. The van der Waals surface area contributed by atoms with Crippen molar-refractivity contribution in [2.45, 2.75) is 37.9 Å². The van der Waals surface area contributed by atoms with Gasteiger partial charge in [0.15, 0.2) is 0 Å². The topological polar surface area (TPSA) is 38.7 Å². The van der Waals surface area contributed by atoms with E-state index in [1.54, 1.807) is 18.9 Å². The second-order valence-electron chi connectivity index (χ2n) is 4.83. The minimum atomic E-state index is -0.454. The number of rotatable bonds is 8. The number of hydrogen-bond donors (Lipinski definition) is 1. The van der Waals surface area contributed by atoms with E-state index in [-0.39, 0.29) is 6.10 Å². The van der Waals surface area contributed by atoms with Gasteiger partial charge in [0.2, 0.25) is 0 Å². The second kappa shape index (κ2) is 8.59. The molecule has 0 aromatic heterocycles. The zero-order valence-corrected chi connectivity index (χ0v) is 13.0. The van der Waals surface area contributed by atoms with Crippen LogP contribution in [0.1, 0.15) is 18.1 Å². The molecule has 0 aliphatic heterocycles. The molecule has 1 N–H and O–H groups in total. The Balaban J connectivity index is 2.33. The average Bonchev–Trinajstić information content (AvgIpc) is 2.38. The van der Waals surface area contributed by atoms with Gasteiger partial charge in [-0.1, -0.05) is 17.7 Å². The summed E-state index contributed by atoms with van der Waals surface area (Å²) in [6.45, 7) is 7.01. The van der Waals surface area contributed by atoms with Gasteiger partial charge >= 0.3 is 0 Å². The molecular formula is C15H24O3S. The Morgan fingerprint density at radius 2 is 2.00 bits per heavy atom. The van der Waals surface area contributed by atoms with Crippen LogP contribution in [0.25, 0.3) is 0 Å². The lowest BCUT2D eigenvalue weighted by Gasteiger charge is -2.16. The molecule has 1 aromatic rings. The summed E-state index contributed by atoms with van der Waals surface area (Å²) in [5.74, 6) is 0.643. The quantitative estimate of drug-likeness (QED) is 0.745. The van der Waals surface area contributed by atoms with E-state index in [1.165, 1.54) is 16.0 Å². The van der Waals surface area contributed by atoms with Crippen LogP contribution in [0.2, 0.25) is 0 Å². The number of hydrogen-bond acceptors (Lipinski definition) is 4. The average molecular weight is 284 g/mol. The normalized spacial score (nSPS) is 14.4. The highest BCUT2D eigenvalue weighted by Gasteiger charge is 2.09. The molecule has 3 nitrogen and oxygen atoms in total. The number of thioether (sulfide) groups is 1. The van der Waals surface area contributed by atoms with Crippen LogP contribution >= 0.6 is 11.8 Å². The van der Waals surface area contributed by atoms with Gasteiger partial charge in [-0.3, -0.25) is 0 Å². The van der Waals surface area contributed by atoms with Gasteiger partial charge in [-0.2, -0.15) is 0 Å². The molecule has 0 spiro atoms. The van der Waals surface area contributed by atoms with E-state index in [4.69, 9.17) is 9.47 Å². The molecule has 0 saturated carbocycles. The summed E-state index contributed by atoms with van der Waals surface area (Å²) in [4.78, 5) is 1.23. The first-order valence-electron chi connectivity index (χ1n) is 6.51. The predicted molar refractivity (Wildman–Crippen MR) is 79.9 cm³/mol. The first-order chi connectivity index (χ1) is 9.02. The van der Waals surface area contributed by atoms with Crippen molar-refractivity contribution in [1.82, 2.24) is 0 Å². The van der Waals surface area contributed by atoms with Gasteiger partial charge in [0, 0.05) is 17.8 Å². The second-order valence-corrected chi connectivity index (χ2v) is 5.89. The molecule has 0 aliphatic rings. The third kappa shape index (κ3) is 6.43. The summed E-state index contributed by atoms with van der Waals surface area (Å²) in [5, 5.41) is 9.90. The summed E-state index contributed by atoms with van der Waals surface area (Å²) in [6.07, 6.45) is -0.436. The lowest BCUT2D eigenvalue weighted by molar-refractivity contribution is -0.0257. The van der Waals surface area contributed by atoms with Crippen molar-refractivity contribution in [2.24, 2.45) is 0 Å². The molecule has 19 heavy (non-hydrogen) atoms. The van der Waals surface area contributed by atoms with Crippen LogP contribution in [0.4, 0.5) is 0 Å². The molecule has 1 aromatic carbocycles. The van der Waals surface area contributed by atoms with Gasteiger partial charge in [-0.05, 0) is 32.4 Å². The third-order valence-corrected chi connectivity index (χ3v) is 4.05. The van der Waals surface area contributed by atoms with Crippen LogP contribution < -0.4 is 0 Å². The van der Waals surface area contributed by atoms with Crippen LogP contribution in [0.5, 0.6) is 0 Å². The molecule has 0 saturated heterocycles. The van der Waals surface area contributed by atoms with Gasteiger partial charge in [-0.25, -0.2) is 0 Å². The van der Waals surface area contributed by atoms with Crippen molar-refractivity contribution in [3.63, 3.8) is 0 Å². The number of aryl methyl sites for hydroxylation is 2. The first-order valence-corrected chi connectivity index (χ1v) is 7.50. The Labute approximate surface area is 120 Å². The molecule has 0 heterocycles. The van der Waals surface area contributed by atoms with E-state index in [2.05, 4.69) is 32.0 Å². The molecule has 0 radical (unpaired) electrons. The Morgan fingerprint density at radius 1 is 1.26 bits per heavy atom. The summed E-state index contributed by atoms with van der Waals surface area (Å²) in [5.41, 5.74) is 2.49. The Morgan fingerprint density at radius 3 is 2.68 bits per heavy atom. The number of methoxy groups -OCH3 is 1. The Kier molecular flexibility index (Phi) is 7.46. The number of aliphatic hydroxyl groups excluding tert-OH is 1. The van der Waals surface area contributed by atoms with Gasteiger partial charge in [0.25, 0.3) is 0 Å². The van der Waals surface area contributed by atoms with Gasteiger partial charge in [-0.15, -0.1) is 11.8 Å². The maximum atomic E-state index is 9.90. The fourth-order valence-corrected chi connectivity index (χ4v) is 2.69. The Hall–Kier alpha value is -0.550. The van der Waals surface area contributed by atoms with Crippen LogP contribution in [0.3, 0.4) is 0 Å². The maximum absolute atomic E-state index is 9.90. The summed E-state index contributed by atoms with van der Waals surface area (Å²) < 4.78 is 10.5. The summed E-state index contributed by atoms with van der Waals surface area (Å²) >= 11 is 1.67. The third-order valence-electron chi connectivity index (χ3n) is 2.75. The van der Waals surface area contributed by atoms with Crippen molar-refractivity contribution in [1.29, 1.82) is 0 Å². The van der Waals surface area contributed by atoms with Gasteiger partial charge in [0.05, 0.1) is 25.4 Å². The van der Waals surface area contributed by atoms with Gasteiger partial charge < -0.3 is 14.6 Å². The lowest BCUT2D eigenvalue weighted by Crippen LogP contribution is -2.24. The van der Waals surface area contributed by atoms with E-state index < -0.39 is 6.10 Å². The van der Waals surface area contributed by atoms with Crippen molar-refractivity contribution in [3.8, 4) is 0 Å². The molecule has 0 amide bonds. The minimum Gasteiger partial charge on any atom is -0.390 e. The molecule has 2 atom stereocenters. The van der Waals surface area contributed by atoms with Crippen molar-refractivity contribution in [2.75, 3.05) is 26.1 Å². The molecular weight excluding hydrogens is 260 g/mol. The SMILES string of the molecule is COCC(C)OCC(O)CSc1cc(C)ccc1C. The first kappa shape index (κ1) is 16.5. The van der Waals surface area contributed by atoms with Crippen LogP contribution in [0.15, 0.2) is 23.1 Å². The molecule has 4 heteroatoms. The Bertz CT molecular complexity index is 382. The van der Waals surface area contributed by atoms with E-state index >= 15 is 0 Å². The van der Waals surface area contributed by atoms with Crippen LogP contribution in [-0.4, -0.2) is 43.4 Å². The molecule has 0 bridgehead atoms. The van der Waals surface area contributed by atoms with E-state index in [1.807, 2.05) is 6.92 Å². The molecule has 108 valence electrons. The monoisotopic (exact) mass is 284 g/mol. The standard InChI is InChI=1S/C15H24O3S/c1-11-5-6-12(2)15(7-11)19-10-14(16)9-18-13(3)8-17-4/h5-7,13-14,16H,8-10H2,1-4H3. The van der Waals surface area contributed by atoms with Crippen molar-refractivity contribution in [3.05, 3.63) is 29.3 Å². The summed E-state index contributed by atoms with van der Waals surface area (Å²) in [7, 11) is 1.65. The van der Waals surface area contributed by atoms with Crippen LogP contribution in [-0.2, 0) is 9.47 Å². The number of aliphatic hydroxyl groups is 1. The zero-order valence-electron chi connectivity index (χ0n) is 12.2. The van der Waals surface area contributed by atoms with Crippen molar-refractivity contribution < 1.29 is 14.6 Å². The fourth-order valence-electron chi connectivity index (χ4n) is 1.66. The van der Waals surface area contributed by atoms with E-state index in [9.17, 15) is 5.11 Å². The largest absolute Gasteiger partial charge is 0.390 e. The highest BCUT2D eigenvalue weighted by molar-refractivity contribution is 7.99. The zero-order chi connectivity index (χ0) is 14.3. The maximum Gasteiger partial charge on any atom is 0.0867 e. The minimum absolute atomic E-state index is 0.0188. The molecule has 0 fully saturated rings. The summed E-state index contributed by atoms with van der Waals surface area (Å²) in [6, 6.07) is 6.37. The van der Waals surface area contributed by atoms with Crippen molar-refractivity contribution >= 4 is 11.8 Å². The highest BCUT2D eigenvalue weighted by atomic mass is 32.2. The smallest absolute Gasteiger partial charge is 0.0867 e. The van der Waals surface area contributed by atoms with E-state index in [0.29, 0.717) is 19.0 Å².